The molecule has 0 saturated carbocycles. The highest BCUT2D eigenvalue weighted by atomic mass is 32.2. The van der Waals surface area contributed by atoms with Crippen LogP contribution in [0, 0.1) is 5.82 Å². The van der Waals surface area contributed by atoms with E-state index in [9.17, 15) is 26.0 Å². The maximum absolute atomic E-state index is 13.1. The van der Waals surface area contributed by atoms with Crippen molar-refractivity contribution < 1.29 is 26.0 Å². The van der Waals surface area contributed by atoms with E-state index >= 15 is 0 Å². The largest absolute Gasteiger partial charge is 0.416 e. The van der Waals surface area contributed by atoms with Crippen LogP contribution in [0.3, 0.4) is 0 Å². The first-order valence-corrected chi connectivity index (χ1v) is 9.54. The van der Waals surface area contributed by atoms with Gasteiger partial charge in [-0.2, -0.15) is 13.2 Å². The minimum atomic E-state index is -4.68. The maximum atomic E-state index is 13.1. The van der Waals surface area contributed by atoms with Gasteiger partial charge in [-0.25, -0.2) is 17.8 Å². The average Bonchev–Trinajstić information content (AvgIpc) is 2.84. The lowest BCUT2D eigenvalue weighted by molar-refractivity contribution is -0.138. The Morgan fingerprint density at radius 1 is 1.36 bits per heavy atom. The Morgan fingerprint density at radius 2 is 2.08 bits per heavy atom. The molecule has 0 bridgehead atoms. The summed E-state index contributed by atoms with van der Waals surface area (Å²) in [5, 5.41) is 5.78. The molecule has 1 aromatic carbocycles. The van der Waals surface area contributed by atoms with E-state index < -0.39 is 27.4 Å². The van der Waals surface area contributed by atoms with Crippen LogP contribution < -0.4 is 10.6 Å². The Bertz CT molecular complexity index is 748. The monoisotopic (exact) mass is 381 g/mol. The van der Waals surface area contributed by atoms with Gasteiger partial charge in [0.15, 0.2) is 15.8 Å². The van der Waals surface area contributed by atoms with Crippen molar-refractivity contribution in [1.29, 1.82) is 0 Å². The first-order chi connectivity index (χ1) is 11.6. The third-order valence-corrected chi connectivity index (χ3v) is 5.47. The second-order valence-electron chi connectivity index (χ2n) is 5.74. The van der Waals surface area contributed by atoms with E-state index in [0.717, 1.165) is 12.1 Å². The Labute approximate surface area is 143 Å². The molecule has 1 unspecified atom stereocenters. The molecule has 10 heteroatoms. The fraction of sp³-hybridized carbons (Fsp3) is 0.533. The van der Waals surface area contributed by atoms with Gasteiger partial charge < -0.3 is 10.6 Å². The van der Waals surface area contributed by atoms with Crippen molar-refractivity contribution in [1.82, 2.24) is 10.6 Å². The van der Waals surface area contributed by atoms with E-state index in [1.54, 1.807) is 6.92 Å². The van der Waals surface area contributed by atoms with E-state index in [2.05, 4.69) is 15.6 Å². The minimum Gasteiger partial charge on any atom is -0.357 e. The lowest BCUT2D eigenvalue weighted by Crippen LogP contribution is -2.44. The van der Waals surface area contributed by atoms with Gasteiger partial charge in [-0.1, -0.05) is 6.07 Å². The zero-order valence-corrected chi connectivity index (χ0v) is 14.3. The fourth-order valence-corrected chi connectivity index (χ4v) is 4.21. The quantitative estimate of drug-likeness (QED) is 0.476. The summed E-state index contributed by atoms with van der Waals surface area (Å²) in [6.45, 7) is 1.92. The van der Waals surface area contributed by atoms with Crippen molar-refractivity contribution in [2.45, 2.75) is 32.1 Å². The van der Waals surface area contributed by atoms with Gasteiger partial charge in [-0.05, 0) is 31.0 Å². The lowest BCUT2D eigenvalue weighted by atomic mass is 10.1. The first-order valence-electron chi connectivity index (χ1n) is 7.71. The number of guanidine groups is 1. The van der Waals surface area contributed by atoms with E-state index in [1.807, 2.05) is 0 Å². The molecule has 1 aromatic rings. The SMILES string of the molecule is CCNC(=NCc1ccc(F)cc1C(F)(F)F)NC1CCS(=O)(=O)C1. The zero-order valence-electron chi connectivity index (χ0n) is 13.5. The molecule has 0 spiro atoms. The number of halogens is 4. The van der Waals surface area contributed by atoms with Crippen molar-refractivity contribution in [3.63, 3.8) is 0 Å². The van der Waals surface area contributed by atoms with Gasteiger partial charge in [0.25, 0.3) is 0 Å². The summed E-state index contributed by atoms with van der Waals surface area (Å²) >= 11 is 0. The van der Waals surface area contributed by atoms with Crippen LogP contribution >= 0.6 is 0 Å². The number of aliphatic imine (C=N–C) groups is 1. The summed E-state index contributed by atoms with van der Waals surface area (Å²) in [7, 11) is -3.09. The highest BCUT2D eigenvalue weighted by Crippen LogP contribution is 2.32. The van der Waals surface area contributed by atoms with Crippen LogP contribution in [-0.2, 0) is 22.6 Å². The predicted octanol–water partition coefficient (Wildman–Crippen LogP) is 2.09. The van der Waals surface area contributed by atoms with Gasteiger partial charge in [0.1, 0.15) is 5.82 Å². The van der Waals surface area contributed by atoms with E-state index in [-0.39, 0.29) is 35.6 Å². The van der Waals surface area contributed by atoms with Crippen LogP contribution in [0.15, 0.2) is 23.2 Å². The van der Waals surface area contributed by atoms with Gasteiger partial charge >= 0.3 is 6.18 Å². The highest BCUT2D eigenvalue weighted by molar-refractivity contribution is 7.91. The van der Waals surface area contributed by atoms with Crippen LogP contribution in [0.5, 0.6) is 0 Å². The number of rotatable bonds is 4. The molecule has 25 heavy (non-hydrogen) atoms. The van der Waals surface area contributed by atoms with E-state index in [4.69, 9.17) is 0 Å². The summed E-state index contributed by atoms with van der Waals surface area (Å²) in [4.78, 5) is 4.08. The van der Waals surface area contributed by atoms with E-state index in [1.165, 1.54) is 0 Å². The molecule has 0 amide bonds. The van der Waals surface area contributed by atoms with Crippen LogP contribution in [0.4, 0.5) is 17.6 Å². The van der Waals surface area contributed by atoms with Gasteiger partial charge in [-0.3, -0.25) is 0 Å². The molecule has 1 fully saturated rings. The first kappa shape index (κ1) is 19.5. The standard InChI is InChI=1S/C15H19F4N3O2S/c1-2-20-14(22-12-5-6-25(23,24)9-12)21-8-10-3-4-11(16)7-13(10)15(17,18)19/h3-4,7,12H,2,5-6,8-9H2,1H3,(H2,20,21,22). The Morgan fingerprint density at radius 3 is 2.64 bits per heavy atom. The van der Waals surface area contributed by atoms with Crippen molar-refractivity contribution in [3.8, 4) is 0 Å². The van der Waals surface area contributed by atoms with Gasteiger partial charge in [0.2, 0.25) is 0 Å². The second kappa shape index (κ2) is 7.59. The van der Waals surface area contributed by atoms with Gasteiger partial charge in [0.05, 0.1) is 23.6 Å². The van der Waals surface area contributed by atoms with Crippen LogP contribution in [0.25, 0.3) is 0 Å². The summed E-state index contributed by atoms with van der Waals surface area (Å²) in [5.41, 5.74) is -1.24. The third-order valence-electron chi connectivity index (χ3n) is 3.70. The number of alkyl halides is 3. The molecule has 2 rings (SSSR count). The molecule has 5 nitrogen and oxygen atoms in total. The Kier molecular flexibility index (Phi) is 5.91. The average molecular weight is 381 g/mol. The topological polar surface area (TPSA) is 70.6 Å². The van der Waals surface area contributed by atoms with E-state index in [0.29, 0.717) is 19.0 Å². The number of sulfone groups is 1. The number of hydrogen-bond acceptors (Lipinski definition) is 3. The summed E-state index contributed by atoms with van der Waals surface area (Å²) in [6, 6.07) is 2.10. The van der Waals surface area contributed by atoms with Crippen LogP contribution in [0.1, 0.15) is 24.5 Å². The number of nitrogens with zero attached hydrogens (tertiary/aromatic N) is 1. The van der Waals surface area contributed by atoms with Crippen molar-refractivity contribution in [3.05, 3.63) is 35.1 Å². The van der Waals surface area contributed by atoms with Crippen molar-refractivity contribution >= 4 is 15.8 Å². The lowest BCUT2D eigenvalue weighted by Gasteiger charge is -2.16. The number of hydrogen-bond donors (Lipinski definition) is 2. The molecule has 0 aromatic heterocycles. The molecule has 140 valence electrons. The van der Waals surface area contributed by atoms with Crippen molar-refractivity contribution in [2.75, 3.05) is 18.1 Å². The maximum Gasteiger partial charge on any atom is 0.416 e. The summed E-state index contributed by atoms with van der Waals surface area (Å²) < 4.78 is 75.1. The summed E-state index contributed by atoms with van der Waals surface area (Å²) in [6.07, 6.45) is -4.27. The molecule has 2 N–H and O–H groups in total. The Balaban J connectivity index is 2.16. The summed E-state index contributed by atoms with van der Waals surface area (Å²) in [5.74, 6) is -0.717. The highest BCUT2D eigenvalue weighted by Gasteiger charge is 2.33. The molecular weight excluding hydrogens is 362 g/mol. The number of benzene rings is 1. The van der Waals surface area contributed by atoms with Crippen molar-refractivity contribution in [2.24, 2.45) is 4.99 Å². The fourth-order valence-electron chi connectivity index (χ4n) is 2.54. The minimum absolute atomic E-state index is 0.0399. The molecule has 0 radical (unpaired) electrons. The number of nitrogens with one attached hydrogen (secondary N) is 2. The molecular formula is C15H19F4N3O2S. The molecule has 1 atom stereocenters. The zero-order chi connectivity index (χ0) is 18.7. The Hall–Kier alpha value is -1.84. The van der Waals surface area contributed by atoms with Gasteiger partial charge in [-0.15, -0.1) is 0 Å². The molecule has 0 aliphatic carbocycles. The smallest absolute Gasteiger partial charge is 0.357 e. The molecule has 1 aliphatic heterocycles. The predicted molar refractivity (Wildman–Crippen MR) is 86.4 cm³/mol. The molecule has 1 aliphatic rings. The molecule has 1 saturated heterocycles. The molecule has 1 heterocycles. The third kappa shape index (κ3) is 5.58. The normalized spacial score (nSPS) is 20.5. The van der Waals surface area contributed by atoms with Crippen LogP contribution in [0.2, 0.25) is 0 Å². The van der Waals surface area contributed by atoms with Gasteiger partial charge in [0, 0.05) is 12.6 Å². The second-order valence-corrected chi connectivity index (χ2v) is 7.97. The van der Waals surface area contributed by atoms with Crippen LogP contribution in [-0.4, -0.2) is 38.5 Å².